The summed E-state index contributed by atoms with van der Waals surface area (Å²) in [7, 11) is 0. The van der Waals surface area contributed by atoms with Gasteiger partial charge in [0.05, 0.1) is 0 Å². The lowest BCUT2D eigenvalue weighted by atomic mass is 9.97. The van der Waals surface area contributed by atoms with E-state index in [9.17, 15) is 0 Å². The molecular formula is C13H24. The first-order chi connectivity index (χ1) is 6.08. The standard InChI is InChI=1S/C13H24/c1-10(2)7-12-5-6-13(9-12)8-11(3)4/h9-12H,5-8H2,1-4H3. The lowest BCUT2D eigenvalue weighted by Crippen LogP contribution is -1.97. The number of hydrogen-bond donors (Lipinski definition) is 0. The zero-order valence-electron chi connectivity index (χ0n) is 9.64. The topological polar surface area (TPSA) is 0 Å². The molecule has 0 aliphatic heterocycles. The van der Waals surface area contributed by atoms with E-state index in [1.807, 2.05) is 0 Å². The highest BCUT2D eigenvalue weighted by Crippen LogP contribution is 2.32. The Morgan fingerprint density at radius 1 is 1.23 bits per heavy atom. The van der Waals surface area contributed by atoms with Gasteiger partial charge in [-0.15, -0.1) is 0 Å². The Balaban J connectivity index is 2.35. The predicted molar refractivity (Wildman–Crippen MR) is 59.7 cm³/mol. The first-order valence-electron chi connectivity index (χ1n) is 5.77. The smallest absolute Gasteiger partial charge is 0.0225 e. The van der Waals surface area contributed by atoms with E-state index in [-0.39, 0.29) is 0 Å². The van der Waals surface area contributed by atoms with Gasteiger partial charge in [0.15, 0.2) is 0 Å². The van der Waals surface area contributed by atoms with Gasteiger partial charge in [-0.05, 0) is 43.4 Å². The molecular weight excluding hydrogens is 156 g/mol. The molecule has 0 saturated carbocycles. The first kappa shape index (κ1) is 10.8. The van der Waals surface area contributed by atoms with E-state index in [0.717, 1.165) is 17.8 Å². The van der Waals surface area contributed by atoms with Gasteiger partial charge in [0.25, 0.3) is 0 Å². The summed E-state index contributed by atoms with van der Waals surface area (Å²) in [5, 5.41) is 0. The van der Waals surface area contributed by atoms with E-state index >= 15 is 0 Å². The van der Waals surface area contributed by atoms with Crippen molar-refractivity contribution >= 4 is 0 Å². The van der Waals surface area contributed by atoms with E-state index in [0.29, 0.717) is 0 Å². The Kier molecular flexibility index (Phi) is 4.02. The molecule has 0 radical (unpaired) electrons. The predicted octanol–water partition coefficient (Wildman–Crippen LogP) is 4.42. The maximum absolute atomic E-state index is 2.56. The summed E-state index contributed by atoms with van der Waals surface area (Å²) in [6, 6.07) is 0. The SMILES string of the molecule is CC(C)CC1=CC(CC(C)C)CC1. The molecule has 0 bridgehead atoms. The number of allylic oxidation sites excluding steroid dienone is 2. The third-order valence-electron chi connectivity index (χ3n) is 2.75. The van der Waals surface area contributed by atoms with E-state index in [1.165, 1.54) is 25.7 Å². The van der Waals surface area contributed by atoms with Crippen LogP contribution in [0, 0.1) is 17.8 Å². The van der Waals surface area contributed by atoms with Crippen molar-refractivity contribution in [2.45, 2.75) is 53.4 Å². The molecule has 0 heteroatoms. The van der Waals surface area contributed by atoms with Crippen LogP contribution in [0.4, 0.5) is 0 Å². The maximum Gasteiger partial charge on any atom is -0.0225 e. The molecule has 13 heavy (non-hydrogen) atoms. The molecule has 0 aromatic rings. The molecule has 0 fully saturated rings. The molecule has 0 saturated heterocycles. The van der Waals surface area contributed by atoms with Crippen molar-refractivity contribution in [1.82, 2.24) is 0 Å². The highest BCUT2D eigenvalue weighted by atomic mass is 14.2. The summed E-state index contributed by atoms with van der Waals surface area (Å²) in [5.74, 6) is 2.59. The normalized spacial score (nSPS) is 22.9. The lowest BCUT2D eigenvalue weighted by molar-refractivity contribution is 0.469. The van der Waals surface area contributed by atoms with Crippen molar-refractivity contribution in [2.24, 2.45) is 17.8 Å². The van der Waals surface area contributed by atoms with Crippen LogP contribution in [0.1, 0.15) is 53.4 Å². The average molecular weight is 180 g/mol. The van der Waals surface area contributed by atoms with Crippen LogP contribution < -0.4 is 0 Å². The first-order valence-corrected chi connectivity index (χ1v) is 5.77. The molecule has 0 N–H and O–H groups in total. The van der Waals surface area contributed by atoms with Gasteiger partial charge in [0.1, 0.15) is 0 Å². The zero-order valence-corrected chi connectivity index (χ0v) is 9.64. The van der Waals surface area contributed by atoms with Crippen molar-refractivity contribution in [3.63, 3.8) is 0 Å². The Labute approximate surface area is 83.4 Å². The van der Waals surface area contributed by atoms with E-state index < -0.39 is 0 Å². The minimum Gasteiger partial charge on any atom is -0.0822 e. The van der Waals surface area contributed by atoms with Crippen LogP contribution in [0.3, 0.4) is 0 Å². The molecule has 1 rings (SSSR count). The fraction of sp³-hybridized carbons (Fsp3) is 0.846. The molecule has 1 aliphatic carbocycles. The Hall–Kier alpha value is -0.260. The molecule has 0 aromatic heterocycles. The van der Waals surface area contributed by atoms with Gasteiger partial charge in [-0.2, -0.15) is 0 Å². The Bertz CT molecular complexity index is 174. The average Bonchev–Trinajstić information content (AvgIpc) is 2.33. The van der Waals surface area contributed by atoms with E-state index in [4.69, 9.17) is 0 Å². The second kappa shape index (κ2) is 4.83. The highest BCUT2D eigenvalue weighted by Gasteiger charge is 2.16. The van der Waals surface area contributed by atoms with Gasteiger partial charge in [0.2, 0.25) is 0 Å². The fourth-order valence-corrected chi connectivity index (χ4v) is 2.36. The van der Waals surface area contributed by atoms with Gasteiger partial charge < -0.3 is 0 Å². The summed E-state index contributed by atoms with van der Waals surface area (Å²) < 4.78 is 0. The fourth-order valence-electron chi connectivity index (χ4n) is 2.36. The molecule has 0 amide bonds. The van der Waals surface area contributed by atoms with Crippen molar-refractivity contribution in [1.29, 1.82) is 0 Å². The van der Waals surface area contributed by atoms with Crippen LogP contribution in [0.2, 0.25) is 0 Å². The molecule has 0 aromatic carbocycles. The summed E-state index contributed by atoms with van der Waals surface area (Å²) >= 11 is 0. The number of rotatable bonds is 4. The second-order valence-corrected chi connectivity index (χ2v) is 5.35. The molecule has 0 spiro atoms. The van der Waals surface area contributed by atoms with Gasteiger partial charge in [0, 0.05) is 0 Å². The minimum absolute atomic E-state index is 0.837. The van der Waals surface area contributed by atoms with Gasteiger partial charge in [-0.1, -0.05) is 39.3 Å². The van der Waals surface area contributed by atoms with Crippen molar-refractivity contribution in [3.05, 3.63) is 11.6 Å². The molecule has 1 aliphatic rings. The van der Waals surface area contributed by atoms with Crippen molar-refractivity contribution in [3.8, 4) is 0 Å². The third-order valence-corrected chi connectivity index (χ3v) is 2.75. The zero-order chi connectivity index (χ0) is 9.84. The molecule has 1 atom stereocenters. The van der Waals surface area contributed by atoms with E-state index in [1.54, 1.807) is 5.57 Å². The quantitative estimate of drug-likeness (QED) is 0.562. The number of hydrogen-bond acceptors (Lipinski definition) is 0. The lowest BCUT2D eigenvalue weighted by Gasteiger charge is -2.09. The van der Waals surface area contributed by atoms with Crippen LogP contribution >= 0.6 is 0 Å². The molecule has 0 nitrogen and oxygen atoms in total. The molecule has 76 valence electrons. The van der Waals surface area contributed by atoms with Gasteiger partial charge >= 0.3 is 0 Å². The largest absolute Gasteiger partial charge is 0.0822 e. The summed E-state index contributed by atoms with van der Waals surface area (Å²) in [6.45, 7) is 9.29. The highest BCUT2D eigenvalue weighted by molar-refractivity contribution is 5.11. The van der Waals surface area contributed by atoms with Crippen LogP contribution in [0.15, 0.2) is 11.6 Å². The summed E-state index contributed by atoms with van der Waals surface area (Å²) in [5.41, 5.74) is 1.72. The maximum atomic E-state index is 2.56. The Morgan fingerprint density at radius 3 is 2.46 bits per heavy atom. The second-order valence-electron chi connectivity index (χ2n) is 5.35. The molecule has 0 heterocycles. The summed E-state index contributed by atoms with van der Waals surface area (Å²) in [4.78, 5) is 0. The monoisotopic (exact) mass is 180 g/mol. The van der Waals surface area contributed by atoms with Crippen molar-refractivity contribution in [2.75, 3.05) is 0 Å². The molecule has 1 unspecified atom stereocenters. The Morgan fingerprint density at radius 2 is 1.92 bits per heavy atom. The van der Waals surface area contributed by atoms with E-state index in [2.05, 4.69) is 33.8 Å². The van der Waals surface area contributed by atoms with Crippen LogP contribution in [0.25, 0.3) is 0 Å². The van der Waals surface area contributed by atoms with Crippen LogP contribution in [-0.4, -0.2) is 0 Å². The van der Waals surface area contributed by atoms with Crippen LogP contribution in [-0.2, 0) is 0 Å². The van der Waals surface area contributed by atoms with Crippen molar-refractivity contribution < 1.29 is 0 Å². The summed E-state index contributed by atoms with van der Waals surface area (Å²) in [6.07, 6.45) is 8.06. The minimum atomic E-state index is 0.837. The third kappa shape index (κ3) is 3.97. The van der Waals surface area contributed by atoms with Gasteiger partial charge in [-0.25, -0.2) is 0 Å². The van der Waals surface area contributed by atoms with Gasteiger partial charge in [-0.3, -0.25) is 0 Å². The van der Waals surface area contributed by atoms with Crippen LogP contribution in [0.5, 0.6) is 0 Å².